The van der Waals surface area contributed by atoms with Gasteiger partial charge in [-0.05, 0) is 54.1 Å². The zero-order chi connectivity index (χ0) is 21.4. The van der Waals surface area contributed by atoms with Crippen molar-refractivity contribution in [2.24, 2.45) is 0 Å². The van der Waals surface area contributed by atoms with Crippen LogP contribution in [0.2, 0.25) is 0 Å². The van der Waals surface area contributed by atoms with Crippen LogP contribution in [0.3, 0.4) is 0 Å². The molecule has 7 nitrogen and oxygen atoms in total. The van der Waals surface area contributed by atoms with Gasteiger partial charge in [0, 0.05) is 16.8 Å². The summed E-state index contributed by atoms with van der Waals surface area (Å²) in [6.45, 7) is 0. The molecule has 0 aliphatic rings. The third kappa shape index (κ3) is 3.38. The minimum atomic E-state index is -1.07. The number of nitrogen functional groups attached to an aromatic ring is 1. The highest BCUT2D eigenvalue weighted by atomic mass is 16.5. The highest BCUT2D eigenvalue weighted by molar-refractivity contribution is 5.96. The zero-order valence-corrected chi connectivity index (χ0v) is 16.3. The van der Waals surface area contributed by atoms with Crippen molar-refractivity contribution in [3.63, 3.8) is 0 Å². The van der Waals surface area contributed by atoms with Gasteiger partial charge in [-0.3, -0.25) is 0 Å². The molecule has 0 radical (unpaired) electrons. The minimum absolute atomic E-state index is 0.0634. The molecule has 0 amide bonds. The van der Waals surface area contributed by atoms with Crippen LogP contribution in [-0.2, 0) is 0 Å². The number of aromatic amines is 1. The summed E-state index contributed by atoms with van der Waals surface area (Å²) >= 11 is 0. The maximum absolute atomic E-state index is 12.0. The molecule has 0 bridgehead atoms. The van der Waals surface area contributed by atoms with Crippen LogP contribution in [0.5, 0.6) is 11.5 Å². The van der Waals surface area contributed by atoms with Crippen molar-refractivity contribution in [3.8, 4) is 33.9 Å². The number of para-hydroxylation sites is 1. The number of aromatic nitrogens is 3. The second-order valence-electron chi connectivity index (χ2n) is 7.03. The minimum Gasteiger partial charge on any atom is -0.476 e. The van der Waals surface area contributed by atoms with Crippen molar-refractivity contribution in [1.82, 2.24) is 14.6 Å². The lowest BCUT2D eigenvalue weighted by atomic mass is 10.1. The molecule has 5 aromatic rings. The van der Waals surface area contributed by atoms with E-state index < -0.39 is 5.97 Å². The number of rotatable bonds is 5. The Morgan fingerprint density at radius 2 is 1.55 bits per heavy atom. The molecule has 0 saturated carbocycles. The Balaban J connectivity index is 1.55. The fraction of sp³-hybridized carbons (Fsp3) is 0. The molecule has 0 aliphatic carbocycles. The summed E-state index contributed by atoms with van der Waals surface area (Å²) < 4.78 is 7.24. The number of anilines is 1. The van der Waals surface area contributed by atoms with E-state index in [0.717, 1.165) is 16.9 Å². The smallest absolute Gasteiger partial charge is 0.356 e. The van der Waals surface area contributed by atoms with E-state index in [1.807, 2.05) is 54.6 Å². The number of carboxylic acids is 1. The first-order valence-corrected chi connectivity index (χ1v) is 9.62. The largest absolute Gasteiger partial charge is 0.476 e. The highest BCUT2D eigenvalue weighted by Gasteiger charge is 2.22. The molecule has 0 spiro atoms. The number of nitrogens with zero attached hydrogens (tertiary/aromatic N) is 2. The number of H-pyrrole nitrogens is 1. The van der Waals surface area contributed by atoms with Crippen LogP contribution in [0, 0.1) is 0 Å². The van der Waals surface area contributed by atoms with Gasteiger partial charge in [0.1, 0.15) is 17.1 Å². The Hall–Kier alpha value is -4.52. The Bertz CT molecular complexity index is 1370. The first-order chi connectivity index (χ1) is 15.1. The van der Waals surface area contributed by atoms with E-state index in [1.165, 1.54) is 4.52 Å². The molecule has 7 heteroatoms. The van der Waals surface area contributed by atoms with Crippen LogP contribution in [0.1, 0.15) is 10.5 Å². The number of benzene rings is 3. The van der Waals surface area contributed by atoms with E-state index in [-0.39, 0.29) is 5.69 Å². The molecule has 152 valence electrons. The Kier molecular flexibility index (Phi) is 4.41. The second-order valence-corrected chi connectivity index (χ2v) is 7.03. The lowest BCUT2D eigenvalue weighted by Gasteiger charge is -2.06. The van der Waals surface area contributed by atoms with Crippen molar-refractivity contribution in [2.45, 2.75) is 0 Å². The molecule has 4 N–H and O–H groups in total. The monoisotopic (exact) mass is 410 g/mol. The van der Waals surface area contributed by atoms with Crippen molar-refractivity contribution in [3.05, 3.63) is 90.8 Å². The van der Waals surface area contributed by atoms with Crippen LogP contribution in [0.4, 0.5) is 5.69 Å². The molecule has 2 heterocycles. The number of hydrogen-bond acceptors (Lipinski definition) is 4. The van der Waals surface area contributed by atoms with E-state index in [2.05, 4.69) is 10.1 Å². The number of nitrogens with two attached hydrogens (primary N) is 1. The molecule has 31 heavy (non-hydrogen) atoms. The van der Waals surface area contributed by atoms with Crippen LogP contribution in [0.15, 0.2) is 85.1 Å². The predicted molar refractivity (Wildman–Crippen MR) is 118 cm³/mol. The molecule has 3 aromatic carbocycles. The van der Waals surface area contributed by atoms with Gasteiger partial charge < -0.3 is 20.6 Å². The summed E-state index contributed by atoms with van der Waals surface area (Å²) in [5.41, 5.74) is 9.96. The zero-order valence-electron chi connectivity index (χ0n) is 16.3. The maximum atomic E-state index is 12.0. The van der Waals surface area contributed by atoms with Gasteiger partial charge in [0.25, 0.3) is 0 Å². The number of carbonyl (C=O) groups is 1. The van der Waals surface area contributed by atoms with Gasteiger partial charge in [0.15, 0.2) is 5.69 Å². The van der Waals surface area contributed by atoms with Crippen LogP contribution in [0.25, 0.3) is 28.0 Å². The van der Waals surface area contributed by atoms with Gasteiger partial charge >= 0.3 is 5.97 Å². The summed E-state index contributed by atoms with van der Waals surface area (Å²) in [6.07, 6.45) is 1.64. The molecule has 0 aliphatic heterocycles. The average molecular weight is 410 g/mol. The van der Waals surface area contributed by atoms with E-state index >= 15 is 0 Å². The second kappa shape index (κ2) is 7.38. The summed E-state index contributed by atoms with van der Waals surface area (Å²) in [5.74, 6) is 0.316. The number of imidazole rings is 1. The van der Waals surface area contributed by atoms with Gasteiger partial charge in [0.05, 0.1) is 11.9 Å². The maximum Gasteiger partial charge on any atom is 0.356 e. The molecular weight excluding hydrogens is 392 g/mol. The van der Waals surface area contributed by atoms with E-state index in [0.29, 0.717) is 28.3 Å². The molecule has 0 atom stereocenters. The molecule has 0 fully saturated rings. The summed E-state index contributed by atoms with van der Waals surface area (Å²) in [5, 5.41) is 14.2. The van der Waals surface area contributed by atoms with Gasteiger partial charge in [-0.1, -0.05) is 30.3 Å². The lowest BCUT2D eigenvalue weighted by Crippen LogP contribution is -2.04. The van der Waals surface area contributed by atoms with Crippen LogP contribution >= 0.6 is 0 Å². The van der Waals surface area contributed by atoms with Crippen LogP contribution in [-0.4, -0.2) is 25.7 Å². The van der Waals surface area contributed by atoms with Crippen molar-refractivity contribution < 1.29 is 14.6 Å². The fourth-order valence-electron chi connectivity index (χ4n) is 3.52. The summed E-state index contributed by atoms with van der Waals surface area (Å²) in [7, 11) is 0. The van der Waals surface area contributed by atoms with Gasteiger partial charge in [-0.2, -0.15) is 5.10 Å². The number of carboxylic acid groups (broad SMARTS) is 1. The van der Waals surface area contributed by atoms with Gasteiger partial charge in [-0.15, -0.1) is 0 Å². The third-order valence-corrected chi connectivity index (χ3v) is 5.01. The number of fused-ring (bicyclic) bond motifs is 1. The first kappa shape index (κ1) is 18.5. The average Bonchev–Trinajstić information content (AvgIpc) is 3.35. The van der Waals surface area contributed by atoms with E-state index in [1.54, 1.807) is 30.5 Å². The summed E-state index contributed by atoms with van der Waals surface area (Å²) in [4.78, 5) is 15.3. The van der Waals surface area contributed by atoms with E-state index in [9.17, 15) is 9.90 Å². The van der Waals surface area contributed by atoms with Gasteiger partial charge in [0.2, 0.25) is 0 Å². The number of hydrogen-bond donors (Lipinski definition) is 3. The fourth-order valence-corrected chi connectivity index (χ4v) is 3.52. The Morgan fingerprint density at radius 1 is 0.903 bits per heavy atom. The molecular formula is C24H18N4O3. The van der Waals surface area contributed by atoms with Crippen molar-refractivity contribution in [1.29, 1.82) is 0 Å². The standard InChI is InChI=1S/C24H18N4O3/c25-17-10-6-15(7-11-17)20-14-26-28-22(24(29)30)21(27-23(20)28)16-8-12-19(13-9-16)31-18-4-2-1-3-5-18/h1-14,27H,25H2,(H,29,30). The Labute approximate surface area is 177 Å². The number of aromatic carboxylic acids is 1. The normalized spacial score (nSPS) is 11.0. The third-order valence-electron chi connectivity index (χ3n) is 5.01. The van der Waals surface area contributed by atoms with Gasteiger partial charge in [-0.25, -0.2) is 9.31 Å². The van der Waals surface area contributed by atoms with Crippen molar-refractivity contribution in [2.75, 3.05) is 5.73 Å². The molecule has 0 unspecified atom stereocenters. The van der Waals surface area contributed by atoms with Crippen LogP contribution < -0.4 is 10.5 Å². The molecule has 0 saturated heterocycles. The highest BCUT2D eigenvalue weighted by Crippen LogP contribution is 2.32. The topological polar surface area (TPSA) is 106 Å². The number of nitrogens with one attached hydrogen (secondary N) is 1. The predicted octanol–water partition coefficient (Wildman–Crippen LogP) is 5.07. The van der Waals surface area contributed by atoms with E-state index in [4.69, 9.17) is 10.5 Å². The molecule has 5 rings (SSSR count). The summed E-state index contributed by atoms with van der Waals surface area (Å²) in [6, 6.07) is 24.1. The molecule has 2 aromatic heterocycles. The quantitative estimate of drug-likeness (QED) is 0.351. The lowest BCUT2D eigenvalue weighted by molar-refractivity contribution is 0.0689. The van der Waals surface area contributed by atoms with Crippen molar-refractivity contribution >= 4 is 17.3 Å². The Morgan fingerprint density at radius 3 is 2.23 bits per heavy atom. The SMILES string of the molecule is Nc1ccc(-c2cnn3c(C(=O)O)c(-c4ccc(Oc5ccccc5)cc4)[nH]c23)cc1. The number of ether oxygens (including phenoxy) is 1. The first-order valence-electron chi connectivity index (χ1n) is 9.62.